The number of aromatic hydroxyl groups is 1. The molecule has 1 aromatic carbocycles. The Morgan fingerprint density at radius 2 is 2.00 bits per heavy atom. The number of H-pyrrole nitrogens is 1. The highest BCUT2D eigenvalue weighted by Gasteiger charge is 2.21. The molecule has 0 unspecified atom stereocenters. The SMILES string of the molecule is CN(Cc1ncc[nH]1)S(=O)(=O)c1ccc(O)cc1. The molecule has 0 atom stereocenters. The van der Waals surface area contributed by atoms with Gasteiger partial charge in [-0.15, -0.1) is 0 Å². The van der Waals surface area contributed by atoms with Crippen LogP contribution < -0.4 is 0 Å². The molecular formula is C11H13N3O3S. The van der Waals surface area contributed by atoms with E-state index < -0.39 is 10.0 Å². The minimum absolute atomic E-state index is 0.0302. The number of phenols is 1. The number of phenolic OH excluding ortho intramolecular Hbond substituents is 1. The number of aromatic amines is 1. The van der Waals surface area contributed by atoms with Crippen molar-refractivity contribution < 1.29 is 13.5 Å². The van der Waals surface area contributed by atoms with Crippen LogP contribution in [0.5, 0.6) is 5.75 Å². The molecule has 6 nitrogen and oxygen atoms in total. The third kappa shape index (κ3) is 2.52. The Bertz CT molecular complexity index is 605. The Labute approximate surface area is 105 Å². The third-order valence-corrected chi connectivity index (χ3v) is 4.29. The van der Waals surface area contributed by atoms with Gasteiger partial charge in [-0.25, -0.2) is 13.4 Å². The number of rotatable bonds is 4. The molecule has 7 heteroatoms. The number of nitrogens with zero attached hydrogens (tertiary/aromatic N) is 2. The lowest BCUT2D eigenvalue weighted by Crippen LogP contribution is -2.26. The van der Waals surface area contributed by atoms with Crippen molar-refractivity contribution in [2.75, 3.05) is 7.05 Å². The first kappa shape index (κ1) is 12.6. The Hall–Kier alpha value is -1.86. The Kier molecular flexibility index (Phi) is 3.35. The zero-order valence-corrected chi connectivity index (χ0v) is 10.6. The van der Waals surface area contributed by atoms with Gasteiger partial charge in [0.25, 0.3) is 0 Å². The van der Waals surface area contributed by atoms with Gasteiger partial charge in [0.2, 0.25) is 10.0 Å². The van der Waals surface area contributed by atoms with E-state index in [1.54, 1.807) is 12.4 Å². The van der Waals surface area contributed by atoms with Crippen molar-refractivity contribution in [2.45, 2.75) is 11.4 Å². The van der Waals surface area contributed by atoms with E-state index in [-0.39, 0.29) is 17.2 Å². The molecule has 0 saturated carbocycles. The normalized spacial score (nSPS) is 11.9. The van der Waals surface area contributed by atoms with Crippen LogP contribution in [0.15, 0.2) is 41.6 Å². The van der Waals surface area contributed by atoms with Crippen LogP contribution in [0, 0.1) is 0 Å². The van der Waals surface area contributed by atoms with Gasteiger partial charge in [-0.1, -0.05) is 0 Å². The van der Waals surface area contributed by atoms with Crippen molar-refractivity contribution in [2.24, 2.45) is 0 Å². The summed E-state index contributed by atoms with van der Waals surface area (Å²) in [6, 6.07) is 5.41. The summed E-state index contributed by atoms with van der Waals surface area (Å²) in [6.45, 7) is 0.163. The van der Waals surface area contributed by atoms with Crippen LogP contribution in [0.3, 0.4) is 0 Å². The van der Waals surface area contributed by atoms with Crippen molar-refractivity contribution in [1.82, 2.24) is 14.3 Å². The van der Waals surface area contributed by atoms with Crippen molar-refractivity contribution in [3.8, 4) is 5.75 Å². The lowest BCUT2D eigenvalue weighted by molar-refractivity contribution is 0.457. The summed E-state index contributed by atoms with van der Waals surface area (Å²) in [4.78, 5) is 6.95. The minimum atomic E-state index is -3.57. The van der Waals surface area contributed by atoms with Crippen molar-refractivity contribution >= 4 is 10.0 Å². The highest BCUT2D eigenvalue weighted by Crippen LogP contribution is 2.18. The number of sulfonamides is 1. The fourth-order valence-corrected chi connectivity index (χ4v) is 2.61. The van der Waals surface area contributed by atoms with Crippen LogP contribution in [0.2, 0.25) is 0 Å². The van der Waals surface area contributed by atoms with Gasteiger partial charge in [0.1, 0.15) is 11.6 Å². The molecule has 2 N–H and O–H groups in total. The summed E-state index contributed by atoms with van der Waals surface area (Å²) < 4.78 is 25.5. The third-order valence-electron chi connectivity index (χ3n) is 2.47. The van der Waals surface area contributed by atoms with E-state index in [1.807, 2.05) is 0 Å². The van der Waals surface area contributed by atoms with Crippen LogP contribution in [0.1, 0.15) is 5.82 Å². The molecule has 0 spiro atoms. The summed E-state index contributed by atoms with van der Waals surface area (Å²) in [6.07, 6.45) is 3.20. The number of benzene rings is 1. The Balaban J connectivity index is 2.22. The first-order valence-corrected chi connectivity index (χ1v) is 6.68. The monoisotopic (exact) mass is 267 g/mol. The Morgan fingerprint density at radius 3 is 2.56 bits per heavy atom. The second-order valence-electron chi connectivity index (χ2n) is 3.79. The molecule has 0 aliphatic heterocycles. The zero-order valence-electron chi connectivity index (χ0n) is 9.74. The zero-order chi connectivity index (χ0) is 13.2. The fraction of sp³-hybridized carbons (Fsp3) is 0.182. The minimum Gasteiger partial charge on any atom is -0.508 e. The second-order valence-corrected chi connectivity index (χ2v) is 5.84. The fourth-order valence-electron chi connectivity index (χ4n) is 1.48. The number of imidazole rings is 1. The number of hydrogen-bond acceptors (Lipinski definition) is 4. The van der Waals surface area contributed by atoms with Crippen LogP contribution in [-0.4, -0.2) is 34.8 Å². The van der Waals surface area contributed by atoms with Gasteiger partial charge in [0, 0.05) is 19.4 Å². The lowest BCUT2D eigenvalue weighted by Gasteiger charge is -2.15. The molecule has 0 radical (unpaired) electrons. The molecular weight excluding hydrogens is 254 g/mol. The highest BCUT2D eigenvalue weighted by atomic mass is 32.2. The first-order valence-electron chi connectivity index (χ1n) is 5.24. The maximum atomic E-state index is 12.2. The summed E-state index contributed by atoms with van der Waals surface area (Å²) in [7, 11) is -2.09. The van der Waals surface area contributed by atoms with Crippen LogP contribution >= 0.6 is 0 Å². The average molecular weight is 267 g/mol. The van der Waals surface area contributed by atoms with Crippen LogP contribution in [0.25, 0.3) is 0 Å². The number of hydrogen-bond donors (Lipinski definition) is 2. The van der Waals surface area contributed by atoms with Gasteiger partial charge in [-0.2, -0.15) is 4.31 Å². The van der Waals surface area contributed by atoms with Crippen molar-refractivity contribution in [1.29, 1.82) is 0 Å². The van der Waals surface area contributed by atoms with Gasteiger partial charge >= 0.3 is 0 Å². The molecule has 0 aliphatic rings. The van der Waals surface area contributed by atoms with E-state index in [1.165, 1.54) is 35.6 Å². The predicted octanol–water partition coefficient (Wildman–Crippen LogP) is 0.936. The molecule has 0 aliphatic carbocycles. The van der Waals surface area contributed by atoms with Gasteiger partial charge in [0.05, 0.1) is 11.4 Å². The standard InChI is InChI=1S/C11H13N3O3S/c1-14(8-11-12-6-7-13-11)18(16,17)10-4-2-9(15)3-5-10/h2-7,15H,8H2,1H3,(H,12,13). The highest BCUT2D eigenvalue weighted by molar-refractivity contribution is 7.89. The lowest BCUT2D eigenvalue weighted by atomic mass is 10.3. The van der Waals surface area contributed by atoms with Crippen LogP contribution in [-0.2, 0) is 16.6 Å². The average Bonchev–Trinajstić information content (AvgIpc) is 2.82. The molecule has 2 rings (SSSR count). The molecule has 96 valence electrons. The van der Waals surface area contributed by atoms with E-state index in [9.17, 15) is 8.42 Å². The Morgan fingerprint density at radius 1 is 1.33 bits per heavy atom. The summed E-state index contributed by atoms with van der Waals surface area (Å²) >= 11 is 0. The quantitative estimate of drug-likeness (QED) is 0.863. The van der Waals surface area contributed by atoms with Crippen molar-refractivity contribution in [3.05, 3.63) is 42.5 Å². The molecule has 1 heterocycles. The van der Waals surface area contributed by atoms with E-state index in [4.69, 9.17) is 5.11 Å². The van der Waals surface area contributed by atoms with Crippen LogP contribution in [0.4, 0.5) is 0 Å². The predicted molar refractivity (Wildman–Crippen MR) is 65.3 cm³/mol. The smallest absolute Gasteiger partial charge is 0.243 e. The van der Waals surface area contributed by atoms with E-state index >= 15 is 0 Å². The summed E-state index contributed by atoms with van der Waals surface area (Å²) in [5.41, 5.74) is 0. The van der Waals surface area contributed by atoms with Gasteiger partial charge in [-0.3, -0.25) is 0 Å². The van der Waals surface area contributed by atoms with Gasteiger partial charge in [0.15, 0.2) is 0 Å². The molecule has 2 aromatic rings. The molecule has 0 saturated heterocycles. The largest absolute Gasteiger partial charge is 0.508 e. The maximum Gasteiger partial charge on any atom is 0.243 e. The van der Waals surface area contributed by atoms with E-state index in [2.05, 4.69) is 9.97 Å². The number of nitrogens with one attached hydrogen (secondary N) is 1. The molecule has 0 fully saturated rings. The molecule has 1 aromatic heterocycles. The molecule has 0 amide bonds. The van der Waals surface area contributed by atoms with Gasteiger partial charge in [-0.05, 0) is 24.3 Å². The second kappa shape index (κ2) is 4.79. The molecule has 0 bridgehead atoms. The summed E-state index contributed by atoms with van der Waals surface area (Å²) in [5, 5.41) is 9.15. The summed E-state index contributed by atoms with van der Waals surface area (Å²) in [5.74, 6) is 0.600. The van der Waals surface area contributed by atoms with E-state index in [0.717, 1.165) is 0 Å². The van der Waals surface area contributed by atoms with Crippen molar-refractivity contribution in [3.63, 3.8) is 0 Å². The molecule has 18 heavy (non-hydrogen) atoms. The van der Waals surface area contributed by atoms with Gasteiger partial charge < -0.3 is 10.1 Å². The maximum absolute atomic E-state index is 12.2. The van der Waals surface area contributed by atoms with E-state index in [0.29, 0.717) is 5.82 Å². The first-order chi connectivity index (χ1) is 8.50. The topological polar surface area (TPSA) is 86.3 Å². The number of aromatic nitrogens is 2.